The summed E-state index contributed by atoms with van der Waals surface area (Å²) in [4.78, 5) is 11.9. The molecular formula is C24H33N7O3. The molecule has 0 unspecified atom stereocenters. The van der Waals surface area contributed by atoms with Gasteiger partial charge in [0.15, 0.2) is 0 Å². The Bertz CT molecular complexity index is 1080. The van der Waals surface area contributed by atoms with Crippen LogP contribution in [0, 0.1) is 0 Å². The van der Waals surface area contributed by atoms with Gasteiger partial charge in [0, 0.05) is 31.4 Å². The number of furan rings is 1. The summed E-state index contributed by atoms with van der Waals surface area (Å²) >= 11 is 0. The van der Waals surface area contributed by atoms with E-state index in [9.17, 15) is 0 Å². The van der Waals surface area contributed by atoms with Crippen molar-refractivity contribution in [3.05, 3.63) is 24.7 Å². The summed E-state index contributed by atoms with van der Waals surface area (Å²) in [6.45, 7) is 5.84. The summed E-state index contributed by atoms with van der Waals surface area (Å²) in [5, 5.41) is 11.3. The Kier molecular flexibility index (Phi) is 6.35. The van der Waals surface area contributed by atoms with E-state index in [-0.39, 0.29) is 6.10 Å². The third-order valence-electron chi connectivity index (χ3n) is 7.30. The highest BCUT2D eigenvalue weighted by atomic mass is 16.5. The number of hydrogen-bond acceptors (Lipinski definition) is 9. The molecule has 34 heavy (non-hydrogen) atoms. The Labute approximate surface area is 199 Å². The second kappa shape index (κ2) is 9.89. The lowest BCUT2D eigenvalue weighted by molar-refractivity contribution is -0.00133. The van der Waals surface area contributed by atoms with E-state index in [4.69, 9.17) is 13.9 Å². The van der Waals surface area contributed by atoms with E-state index in [2.05, 4.69) is 30.6 Å². The third-order valence-corrected chi connectivity index (χ3v) is 7.30. The molecule has 10 heteroatoms. The number of piperidine rings is 1. The minimum atomic E-state index is 0.135. The summed E-state index contributed by atoms with van der Waals surface area (Å²) in [6, 6.07) is 2.91. The molecule has 0 bridgehead atoms. The van der Waals surface area contributed by atoms with Crippen molar-refractivity contribution in [3.63, 3.8) is 0 Å². The topological polar surface area (TPSA) is 102 Å². The highest BCUT2D eigenvalue weighted by molar-refractivity contribution is 5.79. The Morgan fingerprint density at radius 3 is 2.65 bits per heavy atom. The second-order valence-electron chi connectivity index (χ2n) is 9.50. The molecule has 0 radical (unpaired) electrons. The van der Waals surface area contributed by atoms with E-state index in [1.165, 1.54) is 0 Å². The van der Waals surface area contributed by atoms with Gasteiger partial charge in [0.2, 0.25) is 11.5 Å². The van der Waals surface area contributed by atoms with Crippen molar-refractivity contribution in [1.29, 1.82) is 0 Å². The van der Waals surface area contributed by atoms with Crippen LogP contribution in [0.1, 0.15) is 44.6 Å². The zero-order valence-electron chi connectivity index (χ0n) is 19.5. The molecule has 3 aromatic heterocycles. The summed E-state index contributed by atoms with van der Waals surface area (Å²) in [6.07, 6.45) is 12.1. The van der Waals surface area contributed by atoms with Crippen LogP contribution >= 0.6 is 0 Å². The zero-order chi connectivity index (χ0) is 22.7. The van der Waals surface area contributed by atoms with Crippen molar-refractivity contribution in [1.82, 2.24) is 30.0 Å². The maximum Gasteiger partial charge on any atom is 0.263 e. The van der Waals surface area contributed by atoms with E-state index < -0.39 is 0 Å². The van der Waals surface area contributed by atoms with Gasteiger partial charge in [0.05, 0.1) is 37.4 Å². The summed E-state index contributed by atoms with van der Waals surface area (Å²) in [5.74, 6) is 1.01. The minimum Gasteiger partial charge on any atom is -0.472 e. The molecule has 0 atom stereocenters. The fourth-order valence-electron chi connectivity index (χ4n) is 5.40. The molecule has 6 rings (SSSR count). The van der Waals surface area contributed by atoms with Crippen molar-refractivity contribution < 1.29 is 13.9 Å². The van der Waals surface area contributed by atoms with Crippen LogP contribution in [0.15, 0.2) is 29.1 Å². The molecule has 5 heterocycles. The van der Waals surface area contributed by atoms with Crippen LogP contribution in [0.3, 0.4) is 0 Å². The van der Waals surface area contributed by atoms with Gasteiger partial charge in [-0.2, -0.15) is 10.1 Å². The van der Waals surface area contributed by atoms with Gasteiger partial charge in [-0.15, -0.1) is 0 Å². The van der Waals surface area contributed by atoms with Crippen LogP contribution in [0.25, 0.3) is 11.1 Å². The normalized spacial score (nSPS) is 24.9. The van der Waals surface area contributed by atoms with Gasteiger partial charge >= 0.3 is 0 Å². The summed E-state index contributed by atoms with van der Waals surface area (Å²) < 4.78 is 19.6. The van der Waals surface area contributed by atoms with Gasteiger partial charge < -0.3 is 24.5 Å². The molecule has 10 nitrogen and oxygen atoms in total. The smallest absolute Gasteiger partial charge is 0.263 e. The van der Waals surface area contributed by atoms with Crippen LogP contribution < -0.4 is 15.4 Å². The van der Waals surface area contributed by atoms with Crippen molar-refractivity contribution >= 4 is 22.7 Å². The molecule has 182 valence electrons. The Balaban J connectivity index is 1.13. The van der Waals surface area contributed by atoms with Crippen molar-refractivity contribution in [2.45, 2.75) is 56.7 Å². The molecule has 2 saturated heterocycles. The van der Waals surface area contributed by atoms with Crippen molar-refractivity contribution in [2.24, 2.45) is 0 Å². The lowest BCUT2D eigenvalue weighted by Crippen LogP contribution is -2.46. The van der Waals surface area contributed by atoms with Gasteiger partial charge in [-0.05, 0) is 51.6 Å². The number of aromatic nitrogens is 4. The maximum absolute atomic E-state index is 6.39. The molecule has 1 saturated carbocycles. The summed E-state index contributed by atoms with van der Waals surface area (Å²) in [5.41, 5.74) is 2.21. The molecule has 3 fully saturated rings. The quantitative estimate of drug-likeness (QED) is 0.566. The molecule has 0 aromatic carbocycles. The highest BCUT2D eigenvalue weighted by Crippen LogP contribution is 2.31. The van der Waals surface area contributed by atoms with E-state index in [0.29, 0.717) is 29.5 Å². The van der Waals surface area contributed by atoms with E-state index in [0.717, 1.165) is 89.1 Å². The van der Waals surface area contributed by atoms with Gasteiger partial charge in [-0.25, -0.2) is 4.98 Å². The number of nitrogens with zero attached hydrogens (tertiary/aromatic N) is 5. The number of ether oxygens (including phenoxy) is 2. The molecule has 3 aliphatic rings. The van der Waals surface area contributed by atoms with E-state index in [1.54, 1.807) is 6.26 Å². The zero-order valence-corrected chi connectivity index (χ0v) is 19.5. The number of rotatable bonds is 6. The van der Waals surface area contributed by atoms with Crippen LogP contribution in [0.2, 0.25) is 0 Å². The van der Waals surface area contributed by atoms with E-state index >= 15 is 0 Å². The maximum atomic E-state index is 6.39. The number of hydrogen-bond donors (Lipinski definition) is 2. The SMILES string of the molecule is c1cc2nc(Nc3cnn(C4CCNCC4)c3)nc(OC3CCC(N4CCOCC4)CC3)c2o1. The van der Waals surface area contributed by atoms with E-state index in [1.807, 2.05) is 23.1 Å². The lowest BCUT2D eigenvalue weighted by atomic mass is 9.91. The van der Waals surface area contributed by atoms with Gasteiger partial charge in [-0.1, -0.05) is 0 Å². The molecule has 2 aliphatic heterocycles. The third kappa shape index (κ3) is 4.75. The first-order valence-corrected chi connectivity index (χ1v) is 12.6. The van der Waals surface area contributed by atoms with Crippen LogP contribution in [0.4, 0.5) is 11.6 Å². The van der Waals surface area contributed by atoms with Gasteiger partial charge in [-0.3, -0.25) is 9.58 Å². The van der Waals surface area contributed by atoms with Crippen LogP contribution in [-0.2, 0) is 4.74 Å². The van der Waals surface area contributed by atoms with Crippen molar-refractivity contribution in [3.8, 4) is 5.88 Å². The first-order chi connectivity index (χ1) is 16.8. The second-order valence-corrected chi connectivity index (χ2v) is 9.50. The molecule has 2 N–H and O–H groups in total. The number of fused-ring (bicyclic) bond motifs is 1. The standard InChI is InChI=1S/C24H33N7O3/c1-3-20(4-2-18(1)30-10-13-32-14-11-30)34-23-22-21(7-12-33-22)28-24(29-23)27-17-15-26-31(16-17)19-5-8-25-9-6-19/h7,12,15-16,18-20,25H,1-6,8-11,13-14H2,(H,27,28,29). The van der Waals surface area contributed by atoms with Crippen LogP contribution in [-0.4, -0.2) is 76.2 Å². The monoisotopic (exact) mass is 467 g/mol. The molecular weight excluding hydrogens is 434 g/mol. The predicted octanol–water partition coefficient (Wildman–Crippen LogP) is 3.11. The average molecular weight is 468 g/mol. The first-order valence-electron chi connectivity index (χ1n) is 12.6. The predicted molar refractivity (Wildman–Crippen MR) is 128 cm³/mol. The largest absolute Gasteiger partial charge is 0.472 e. The first kappa shape index (κ1) is 21.8. The Morgan fingerprint density at radius 2 is 1.82 bits per heavy atom. The molecule has 0 spiro atoms. The lowest BCUT2D eigenvalue weighted by Gasteiger charge is -2.38. The fourth-order valence-corrected chi connectivity index (χ4v) is 5.40. The number of nitrogens with one attached hydrogen (secondary N) is 2. The number of morpholine rings is 1. The molecule has 0 amide bonds. The summed E-state index contributed by atoms with van der Waals surface area (Å²) in [7, 11) is 0. The fraction of sp³-hybridized carbons (Fsp3) is 0.625. The average Bonchev–Trinajstić information content (AvgIpc) is 3.56. The molecule has 3 aromatic rings. The van der Waals surface area contributed by atoms with Crippen molar-refractivity contribution in [2.75, 3.05) is 44.7 Å². The van der Waals surface area contributed by atoms with Gasteiger partial charge in [0.1, 0.15) is 11.6 Å². The minimum absolute atomic E-state index is 0.135. The van der Waals surface area contributed by atoms with Gasteiger partial charge in [0.25, 0.3) is 5.88 Å². The molecule has 1 aliphatic carbocycles. The van der Waals surface area contributed by atoms with Crippen LogP contribution in [0.5, 0.6) is 5.88 Å². The highest BCUT2D eigenvalue weighted by Gasteiger charge is 2.29. The number of anilines is 2. The Hall–Kier alpha value is -2.69. The Morgan fingerprint density at radius 1 is 1.00 bits per heavy atom.